The zero-order chi connectivity index (χ0) is 44.1. The number of benzene rings is 8. The van der Waals surface area contributed by atoms with Crippen LogP contribution in [0.5, 0.6) is 23.0 Å². The van der Waals surface area contributed by atoms with E-state index in [2.05, 4.69) is 29.2 Å². The zero-order valence-corrected chi connectivity index (χ0v) is 34.4. The largest absolute Gasteiger partial charge is 0.508 e. The van der Waals surface area contributed by atoms with Gasteiger partial charge in [0.1, 0.15) is 23.0 Å². The maximum absolute atomic E-state index is 15.0. The molecule has 0 aliphatic carbocycles. The predicted octanol–water partition coefficient (Wildman–Crippen LogP) is 15.2. The number of phenols is 2. The lowest BCUT2D eigenvalue weighted by molar-refractivity contribution is -0.267. The Morgan fingerprint density at radius 3 is 1.32 bits per heavy atom. The summed E-state index contributed by atoms with van der Waals surface area (Å²) in [6, 6.07) is 57.9. The Hall–Kier alpha value is -7.46. The minimum absolute atomic E-state index is 0.0363. The highest BCUT2D eigenvalue weighted by Gasteiger charge is 2.46. The summed E-state index contributed by atoms with van der Waals surface area (Å²) >= 11 is 0. The normalized spacial score (nSPS) is 11.3. The van der Waals surface area contributed by atoms with Crippen molar-refractivity contribution in [2.24, 2.45) is 0 Å². The number of nitrogens with zero attached hydrogens (tertiary/aromatic N) is 2. The van der Waals surface area contributed by atoms with Crippen LogP contribution in [-0.4, -0.2) is 29.4 Å². The standard InChI is InChI=1S/C48H35F3N2O4.C2H5F.C2H6/c49-47(48(50,51)57-46-28-16-35-15-25-44(55)31-36(35)32-46)56-45-29-23-42(24-30-45)53(38-9-5-2-6-10-38)40-19-13-34(14-20-40)33-11-17-39(18-12-33)52(37-7-3-1-4-8-37)41-21-26-43(54)27-22-41;1-2-3;1-2/h1-32,47,54-55H;2H2,1H3;1-2H3. The molecule has 0 saturated heterocycles. The van der Waals surface area contributed by atoms with Crippen molar-refractivity contribution in [3.63, 3.8) is 0 Å². The van der Waals surface area contributed by atoms with Crippen molar-refractivity contribution in [3.8, 4) is 34.1 Å². The molecule has 8 aromatic rings. The summed E-state index contributed by atoms with van der Waals surface area (Å²) < 4.78 is 64.8. The van der Waals surface area contributed by atoms with Gasteiger partial charge in [0.05, 0.1) is 6.67 Å². The number of anilines is 6. The number of halogens is 4. The topological polar surface area (TPSA) is 65.4 Å². The van der Waals surface area contributed by atoms with Gasteiger partial charge in [-0.25, -0.2) is 0 Å². The van der Waals surface area contributed by atoms with Crippen LogP contribution in [0.3, 0.4) is 0 Å². The van der Waals surface area contributed by atoms with Crippen LogP contribution in [-0.2, 0) is 0 Å². The van der Waals surface area contributed by atoms with Crippen molar-refractivity contribution in [1.82, 2.24) is 0 Å². The van der Waals surface area contributed by atoms with Crippen LogP contribution < -0.4 is 19.3 Å². The Morgan fingerprint density at radius 2 is 0.855 bits per heavy atom. The number of para-hydroxylation sites is 2. The first kappa shape index (κ1) is 44.1. The van der Waals surface area contributed by atoms with Gasteiger partial charge in [0.15, 0.2) is 0 Å². The van der Waals surface area contributed by atoms with E-state index in [4.69, 9.17) is 9.47 Å². The van der Waals surface area contributed by atoms with Gasteiger partial charge < -0.3 is 29.5 Å². The van der Waals surface area contributed by atoms with Gasteiger partial charge in [0.25, 0.3) is 0 Å². The van der Waals surface area contributed by atoms with Crippen LogP contribution in [0.2, 0.25) is 0 Å². The molecule has 10 heteroatoms. The van der Waals surface area contributed by atoms with Gasteiger partial charge in [-0.15, -0.1) is 0 Å². The Morgan fingerprint density at radius 1 is 0.484 bits per heavy atom. The molecule has 0 bridgehead atoms. The molecule has 6 nitrogen and oxygen atoms in total. The third-order valence-corrected chi connectivity index (χ3v) is 9.37. The Bertz CT molecular complexity index is 2600. The zero-order valence-electron chi connectivity index (χ0n) is 34.4. The van der Waals surface area contributed by atoms with Crippen LogP contribution >= 0.6 is 0 Å². The number of hydrogen-bond donors (Lipinski definition) is 2. The van der Waals surface area contributed by atoms with Gasteiger partial charge in [0, 0.05) is 34.1 Å². The van der Waals surface area contributed by atoms with Crippen molar-refractivity contribution < 1.29 is 37.2 Å². The molecule has 0 heterocycles. The lowest BCUT2D eigenvalue weighted by Crippen LogP contribution is -2.40. The molecule has 0 amide bonds. The molecule has 2 N–H and O–H groups in total. The summed E-state index contributed by atoms with van der Waals surface area (Å²) in [5, 5.41) is 20.8. The fraction of sp³-hybridized carbons (Fsp3) is 0.115. The van der Waals surface area contributed by atoms with E-state index in [1.807, 2.05) is 116 Å². The number of rotatable bonds is 12. The van der Waals surface area contributed by atoms with Crippen molar-refractivity contribution in [2.75, 3.05) is 16.5 Å². The molecular formula is C52H46F4N2O4. The SMILES string of the molecule is CC.CCF.Oc1ccc(N(c2ccccc2)c2ccc(-c3ccc(N(c4ccccc4)c4ccc(OC(F)C(F)(F)Oc5ccc6ccc(O)cc6c5)cc4)cc3)cc2)cc1. The molecule has 0 aliphatic heterocycles. The van der Waals surface area contributed by atoms with Gasteiger partial charge in [0.2, 0.25) is 0 Å². The third kappa shape index (κ3) is 10.8. The minimum Gasteiger partial charge on any atom is -0.508 e. The second kappa shape index (κ2) is 20.7. The average molecular weight is 839 g/mol. The summed E-state index contributed by atoms with van der Waals surface area (Å²) in [4.78, 5) is 4.11. The minimum atomic E-state index is -4.31. The van der Waals surface area contributed by atoms with Crippen LogP contribution in [0.1, 0.15) is 20.8 Å². The molecule has 0 spiro atoms. The van der Waals surface area contributed by atoms with E-state index in [0.29, 0.717) is 16.5 Å². The second-order valence-electron chi connectivity index (χ2n) is 13.5. The quantitative estimate of drug-likeness (QED) is 0.120. The first-order chi connectivity index (χ1) is 30.1. The molecule has 8 rings (SSSR count). The Labute approximate surface area is 359 Å². The maximum Gasteiger partial charge on any atom is 0.468 e. The molecule has 1 unspecified atom stereocenters. The number of fused-ring (bicyclic) bond motifs is 1. The first-order valence-corrected chi connectivity index (χ1v) is 20.1. The van der Waals surface area contributed by atoms with E-state index in [1.165, 1.54) is 49.4 Å². The average Bonchev–Trinajstić information content (AvgIpc) is 3.30. The van der Waals surface area contributed by atoms with Crippen LogP contribution in [0, 0.1) is 0 Å². The van der Waals surface area contributed by atoms with Crippen molar-refractivity contribution in [2.45, 2.75) is 33.2 Å². The number of hydrogen-bond acceptors (Lipinski definition) is 6. The van der Waals surface area contributed by atoms with Crippen LogP contribution in [0.4, 0.5) is 51.7 Å². The van der Waals surface area contributed by atoms with E-state index < -0.39 is 12.5 Å². The third-order valence-electron chi connectivity index (χ3n) is 9.37. The van der Waals surface area contributed by atoms with Gasteiger partial charge in [-0.3, -0.25) is 4.39 Å². The highest BCUT2D eigenvalue weighted by atomic mass is 19.3. The maximum atomic E-state index is 15.0. The smallest absolute Gasteiger partial charge is 0.468 e. The molecule has 8 aromatic carbocycles. The van der Waals surface area contributed by atoms with Gasteiger partial charge in [-0.05, 0) is 150 Å². The fourth-order valence-corrected chi connectivity index (χ4v) is 6.60. The number of ether oxygens (including phenoxy) is 2. The van der Waals surface area contributed by atoms with E-state index in [1.54, 1.807) is 30.3 Å². The highest BCUT2D eigenvalue weighted by molar-refractivity contribution is 5.85. The molecule has 0 saturated carbocycles. The number of alkyl halides is 4. The Kier molecular flexibility index (Phi) is 14.7. The van der Waals surface area contributed by atoms with Gasteiger partial charge >= 0.3 is 12.5 Å². The molecular weight excluding hydrogens is 793 g/mol. The van der Waals surface area contributed by atoms with E-state index in [-0.39, 0.29) is 29.7 Å². The predicted molar refractivity (Wildman–Crippen MR) is 243 cm³/mol. The van der Waals surface area contributed by atoms with E-state index in [9.17, 15) is 27.8 Å². The monoisotopic (exact) mass is 838 g/mol. The molecule has 316 valence electrons. The van der Waals surface area contributed by atoms with Crippen molar-refractivity contribution in [1.29, 1.82) is 0 Å². The molecule has 0 aliphatic rings. The number of aromatic hydroxyl groups is 2. The fourth-order valence-electron chi connectivity index (χ4n) is 6.60. The summed E-state index contributed by atoms with van der Waals surface area (Å²) in [5.74, 6) is -0.225. The summed E-state index contributed by atoms with van der Waals surface area (Å²) in [6.07, 6.45) is -7.42. The van der Waals surface area contributed by atoms with E-state index in [0.717, 1.165) is 39.6 Å². The van der Waals surface area contributed by atoms with Crippen LogP contribution in [0.25, 0.3) is 21.9 Å². The molecule has 0 radical (unpaired) electrons. The first-order valence-electron chi connectivity index (χ1n) is 20.1. The molecule has 0 fully saturated rings. The molecule has 1 atom stereocenters. The second-order valence-corrected chi connectivity index (χ2v) is 13.5. The summed E-state index contributed by atoms with van der Waals surface area (Å²) in [6.45, 7) is 5.21. The molecule has 0 aromatic heterocycles. The molecule has 62 heavy (non-hydrogen) atoms. The Balaban J connectivity index is 0.00000123. The summed E-state index contributed by atoms with van der Waals surface area (Å²) in [7, 11) is 0. The van der Waals surface area contributed by atoms with Crippen molar-refractivity contribution in [3.05, 3.63) is 194 Å². The summed E-state index contributed by atoms with van der Waals surface area (Å²) in [5.41, 5.74) is 7.24. The van der Waals surface area contributed by atoms with Gasteiger partial charge in [-0.2, -0.15) is 13.2 Å². The van der Waals surface area contributed by atoms with Gasteiger partial charge in [-0.1, -0.05) is 86.6 Å². The lowest BCUT2D eigenvalue weighted by atomic mass is 10.0. The number of phenolic OH excluding ortho intramolecular Hbond substituents is 2. The van der Waals surface area contributed by atoms with Crippen LogP contribution in [0.15, 0.2) is 194 Å². The van der Waals surface area contributed by atoms with Crippen molar-refractivity contribution >= 4 is 44.9 Å². The highest BCUT2D eigenvalue weighted by Crippen LogP contribution is 2.39. The lowest BCUT2D eigenvalue weighted by Gasteiger charge is -2.26. The van der Waals surface area contributed by atoms with E-state index >= 15 is 0 Å².